The fourth-order valence-corrected chi connectivity index (χ4v) is 5.25. The molecule has 4 aliphatic heterocycles. The molecule has 4 saturated heterocycles. The van der Waals surface area contributed by atoms with E-state index in [2.05, 4.69) is 21.3 Å². The van der Waals surface area contributed by atoms with Gasteiger partial charge in [-0.3, -0.25) is 14.8 Å². The van der Waals surface area contributed by atoms with Crippen molar-refractivity contribution in [2.75, 3.05) is 31.1 Å². The van der Waals surface area contributed by atoms with E-state index in [1.54, 1.807) is 17.5 Å². The smallest absolute Gasteiger partial charge is 0.415 e. The van der Waals surface area contributed by atoms with E-state index < -0.39 is 0 Å². The number of hydrogen-bond donors (Lipinski definition) is 0. The van der Waals surface area contributed by atoms with Gasteiger partial charge in [0.25, 0.3) is 0 Å². The summed E-state index contributed by atoms with van der Waals surface area (Å²) in [5.41, 5.74) is 1.88. The Morgan fingerprint density at radius 2 is 2.12 bits per heavy atom. The van der Waals surface area contributed by atoms with Gasteiger partial charge in [0.05, 0.1) is 6.54 Å². The molecule has 5 nitrogen and oxygen atoms in total. The molecule has 2 bridgehead atoms. The molecule has 6 heterocycles. The molecule has 124 valence electrons. The lowest BCUT2D eigenvalue weighted by Crippen LogP contribution is -2.61. The van der Waals surface area contributed by atoms with Crippen LogP contribution in [0.3, 0.4) is 0 Å². The molecular formula is C18H19N3O2S. The van der Waals surface area contributed by atoms with E-state index in [1.807, 2.05) is 23.2 Å². The Kier molecular flexibility index (Phi) is 3.18. The number of nitrogens with zero attached hydrogens (tertiary/aromatic N) is 3. The Balaban J connectivity index is 1.42. The molecule has 0 aromatic carbocycles. The van der Waals surface area contributed by atoms with Crippen LogP contribution in [0.4, 0.5) is 9.80 Å². The van der Waals surface area contributed by atoms with Crippen molar-refractivity contribution in [3.63, 3.8) is 0 Å². The van der Waals surface area contributed by atoms with E-state index in [4.69, 9.17) is 4.74 Å². The quantitative estimate of drug-likeness (QED) is 0.841. The zero-order valence-corrected chi connectivity index (χ0v) is 14.2. The van der Waals surface area contributed by atoms with E-state index in [-0.39, 0.29) is 11.7 Å². The monoisotopic (exact) mass is 341 g/mol. The Hall–Kier alpha value is -1.92. The molecule has 1 spiro atoms. The maximum atomic E-state index is 12.5. The SMILES string of the molecule is O=C1O[C@]2(CN3CCC2CC3)CN1c1cc(-c2cccnc2)cs1. The highest BCUT2D eigenvalue weighted by atomic mass is 32.1. The second-order valence-corrected chi connectivity index (χ2v) is 7.87. The van der Waals surface area contributed by atoms with Crippen LogP contribution in [-0.4, -0.2) is 47.8 Å². The van der Waals surface area contributed by atoms with Crippen LogP contribution in [0.15, 0.2) is 36.0 Å². The summed E-state index contributed by atoms with van der Waals surface area (Å²) in [6.07, 6.45) is 5.72. The Bertz CT molecular complexity index is 770. The largest absolute Gasteiger partial charge is 0.439 e. The summed E-state index contributed by atoms with van der Waals surface area (Å²) in [4.78, 5) is 21.0. The van der Waals surface area contributed by atoms with Crippen LogP contribution in [0.2, 0.25) is 0 Å². The number of carbonyl (C=O) groups is 1. The first-order valence-electron chi connectivity index (χ1n) is 8.45. The van der Waals surface area contributed by atoms with Gasteiger partial charge in [-0.2, -0.15) is 0 Å². The molecule has 4 fully saturated rings. The number of rotatable bonds is 2. The van der Waals surface area contributed by atoms with Crippen LogP contribution in [0.1, 0.15) is 12.8 Å². The van der Waals surface area contributed by atoms with Crippen LogP contribution in [-0.2, 0) is 4.74 Å². The van der Waals surface area contributed by atoms with Crippen LogP contribution in [0, 0.1) is 5.92 Å². The normalized spacial score (nSPS) is 31.7. The molecule has 0 radical (unpaired) electrons. The minimum Gasteiger partial charge on any atom is -0.439 e. The van der Waals surface area contributed by atoms with E-state index in [0.29, 0.717) is 12.5 Å². The maximum absolute atomic E-state index is 12.5. The molecule has 2 aromatic rings. The molecule has 4 aliphatic rings. The van der Waals surface area contributed by atoms with Gasteiger partial charge in [-0.25, -0.2) is 4.79 Å². The summed E-state index contributed by atoms with van der Waals surface area (Å²) in [7, 11) is 0. The van der Waals surface area contributed by atoms with Gasteiger partial charge >= 0.3 is 6.09 Å². The number of fused-ring (bicyclic) bond motifs is 2. The lowest BCUT2D eigenvalue weighted by Gasteiger charge is -2.49. The molecule has 6 heteroatoms. The lowest BCUT2D eigenvalue weighted by molar-refractivity contribution is -0.0881. The van der Waals surface area contributed by atoms with Crippen LogP contribution >= 0.6 is 11.3 Å². The molecule has 0 saturated carbocycles. The summed E-state index contributed by atoms with van der Waals surface area (Å²) in [5.74, 6) is 0.509. The highest BCUT2D eigenvalue weighted by Gasteiger charge is 2.55. The van der Waals surface area contributed by atoms with Crippen molar-refractivity contribution >= 4 is 22.4 Å². The van der Waals surface area contributed by atoms with Crippen LogP contribution < -0.4 is 4.90 Å². The summed E-state index contributed by atoms with van der Waals surface area (Å²) in [5, 5.41) is 3.05. The average Bonchev–Trinajstić information content (AvgIpc) is 3.22. The zero-order chi connectivity index (χ0) is 16.1. The second kappa shape index (κ2) is 5.29. The standard InChI is InChI=1S/C18H19N3O2S/c22-17-21(12-18(23-17)11-20-6-3-15(18)4-7-20)16-8-14(10-24-16)13-2-1-5-19-9-13/h1-2,5,8-10,15H,3-4,6-7,11-12H2/t18-/m1/s1. The fourth-order valence-electron chi connectivity index (χ4n) is 4.33. The summed E-state index contributed by atoms with van der Waals surface area (Å²) in [6.45, 7) is 3.86. The number of hydrogen-bond acceptors (Lipinski definition) is 5. The number of pyridine rings is 1. The van der Waals surface area contributed by atoms with Crippen molar-refractivity contribution in [3.05, 3.63) is 36.0 Å². The van der Waals surface area contributed by atoms with E-state index in [1.165, 1.54) is 0 Å². The van der Waals surface area contributed by atoms with Crippen LogP contribution in [0.25, 0.3) is 11.1 Å². The Morgan fingerprint density at radius 1 is 1.25 bits per heavy atom. The summed E-state index contributed by atoms with van der Waals surface area (Å²) in [6, 6.07) is 6.04. The number of piperidine rings is 3. The van der Waals surface area contributed by atoms with Crippen molar-refractivity contribution in [1.82, 2.24) is 9.88 Å². The summed E-state index contributed by atoms with van der Waals surface area (Å²) < 4.78 is 5.95. The van der Waals surface area contributed by atoms with Crippen LogP contribution in [0.5, 0.6) is 0 Å². The van der Waals surface area contributed by atoms with Gasteiger partial charge in [-0.1, -0.05) is 6.07 Å². The Labute approximate surface area is 144 Å². The van der Waals surface area contributed by atoms with Gasteiger partial charge in [0, 0.05) is 35.8 Å². The molecule has 0 unspecified atom stereocenters. The molecule has 0 N–H and O–H groups in total. The molecule has 2 aromatic heterocycles. The topological polar surface area (TPSA) is 45.7 Å². The van der Waals surface area contributed by atoms with Gasteiger partial charge in [0.2, 0.25) is 0 Å². The number of thiophene rings is 1. The Morgan fingerprint density at radius 3 is 2.83 bits per heavy atom. The van der Waals surface area contributed by atoms with Gasteiger partial charge in [0.1, 0.15) is 10.6 Å². The minimum absolute atomic E-state index is 0.191. The molecule has 0 aliphatic carbocycles. The van der Waals surface area contributed by atoms with Gasteiger partial charge in [0.15, 0.2) is 0 Å². The third-order valence-corrected chi connectivity index (χ3v) is 6.56. The number of aromatic nitrogens is 1. The van der Waals surface area contributed by atoms with E-state index >= 15 is 0 Å². The number of ether oxygens (including phenoxy) is 1. The minimum atomic E-state index is -0.300. The average molecular weight is 341 g/mol. The maximum Gasteiger partial charge on any atom is 0.415 e. The van der Waals surface area contributed by atoms with Gasteiger partial charge in [-0.05, 0) is 43.6 Å². The molecular weight excluding hydrogens is 322 g/mol. The highest BCUT2D eigenvalue weighted by Crippen LogP contribution is 2.44. The summed E-state index contributed by atoms with van der Waals surface area (Å²) >= 11 is 1.60. The first-order valence-corrected chi connectivity index (χ1v) is 9.33. The van der Waals surface area contributed by atoms with Crippen molar-refractivity contribution in [1.29, 1.82) is 0 Å². The number of anilines is 1. The van der Waals surface area contributed by atoms with Gasteiger partial charge in [-0.15, -0.1) is 11.3 Å². The lowest BCUT2D eigenvalue weighted by atomic mass is 9.75. The predicted octanol–water partition coefficient (Wildman–Crippen LogP) is 3.23. The first kappa shape index (κ1) is 14.4. The van der Waals surface area contributed by atoms with Crippen molar-refractivity contribution < 1.29 is 9.53 Å². The van der Waals surface area contributed by atoms with Crippen molar-refractivity contribution in [2.45, 2.75) is 18.4 Å². The second-order valence-electron chi connectivity index (χ2n) is 6.98. The predicted molar refractivity (Wildman–Crippen MR) is 93.3 cm³/mol. The number of amides is 1. The van der Waals surface area contributed by atoms with E-state index in [0.717, 1.165) is 48.6 Å². The molecule has 1 amide bonds. The fraction of sp³-hybridized carbons (Fsp3) is 0.444. The molecule has 6 rings (SSSR count). The third kappa shape index (κ3) is 2.17. The number of carbonyl (C=O) groups excluding carboxylic acids is 1. The van der Waals surface area contributed by atoms with Gasteiger partial charge < -0.3 is 4.74 Å². The van der Waals surface area contributed by atoms with Crippen molar-refractivity contribution in [3.8, 4) is 11.1 Å². The first-order chi connectivity index (χ1) is 11.7. The zero-order valence-electron chi connectivity index (χ0n) is 13.4. The molecule has 24 heavy (non-hydrogen) atoms. The van der Waals surface area contributed by atoms with E-state index in [9.17, 15) is 4.79 Å². The third-order valence-electron chi connectivity index (χ3n) is 5.61. The van der Waals surface area contributed by atoms with Crippen molar-refractivity contribution in [2.24, 2.45) is 5.92 Å². The molecule has 1 atom stereocenters. The highest BCUT2D eigenvalue weighted by molar-refractivity contribution is 7.14.